The summed E-state index contributed by atoms with van der Waals surface area (Å²) in [6.07, 6.45) is 6.24. The molecule has 0 aliphatic heterocycles. The molecule has 0 saturated heterocycles. The SMILES string of the molecule is CCCCn1ccnc1Nc1ccccc1C. The highest BCUT2D eigenvalue weighted by Crippen LogP contribution is 2.18. The van der Waals surface area contributed by atoms with Gasteiger partial charge < -0.3 is 9.88 Å². The van der Waals surface area contributed by atoms with Crippen molar-refractivity contribution < 1.29 is 0 Å². The standard InChI is InChI=1S/C14H19N3/c1-3-4-10-17-11-9-15-14(17)16-13-8-6-5-7-12(13)2/h5-9,11H,3-4,10H2,1-2H3,(H,15,16). The van der Waals surface area contributed by atoms with Crippen molar-refractivity contribution in [2.75, 3.05) is 5.32 Å². The molecule has 2 rings (SSSR count). The smallest absolute Gasteiger partial charge is 0.207 e. The Morgan fingerprint density at radius 2 is 2.12 bits per heavy atom. The molecule has 3 nitrogen and oxygen atoms in total. The molecule has 0 aliphatic rings. The number of aryl methyl sites for hydroxylation is 2. The lowest BCUT2D eigenvalue weighted by molar-refractivity contribution is 0.638. The van der Waals surface area contributed by atoms with Gasteiger partial charge in [0.25, 0.3) is 0 Å². The molecule has 0 amide bonds. The summed E-state index contributed by atoms with van der Waals surface area (Å²) in [6, 6.07) is 8.26. The Morgan fingerprint density at radius 3 is 2.88 bits per heavy atom. The number of hydrogen-bond acceptors (Lipinski definition) is 2. The highest BCUT2D eigenvalue weighted by molar-refractivity contribution is 5.58. The van der Waals surface area contributed by atoms with Crippen molar-refractivity contribution in [3.8, 4) is 0 Å². The van der Waals surface area contributed by atoms with Gasteiger partial charge in [-0.15, -0.1) is 0 Å². The van der Waals surface area contributed by atoms with Gasteiger partial charge in [0, 0.05) is 24.6 Å². The summed E-state index contributed by atoms with van der Waals surface area (Å²) in [7, 11) is 0. The van der Waals surface area contributed by atoms with Crippen molar-refractivity contribution in [1.82, 2.24) is 9.55 Å². The zero-order chi connectivity index (χ0) is 12.1. The Hall–Kier alpha value is -1.77. The summed E-state index contributed by atoms with van der Waals surface area (Å²) in [4.78, 5) is 4.36. The summed E-state index contributed by atoms with van der Waals surface area (Å²) < 4.78 is 2.16. The number of hydrogen-bond donors (Lipinski definition) is 1. The van der Waals surface area contributed by atoms with Crippen LogP contribution in [-0.4, -0.2) is 9.55 Å². The molecule has 2 aromatic rings. The van der Waals surface area contributed by atoms with Gasteiger partial charge in [0.2, 0.25) is 5.95 Å². The van der Waals surface area contributed by atoms with Crippen molar-refractivity contribution in [3.63, 3.8) is 0 Å². The summed E-state index contributed by atoms with van der Waals surface area (Å²) in [5.41, 5.74) is 2.36. The Balaban J connectivity index is 2.13. The van der Waals surface area contributed by atoms with Gasteiger partial charge in [0.1, 0.15) is 0 Å². The predicted octanol–water partition coefficient (Wildman–Crippen LogP) is 3.74. The maximum atomic E-state index is 4.36. The van der Waals surface area contributed by atoms with E-state index in [9.17, 15) is 0 Å². The molecule has 0 saturated carbocycles. The maximum Gasteiger partial charge on any atom is 0.207 e. The van der Waals surface area contributed by atoms with Crippen molar-refractivity contribution in [3.05, 3.63) is 42.2 Å². The fraction of sp³-hybridized carbons (Fsp3) is 0.357. The summed E-state index contributed by atoms with van der Waals surface area (Å²) >= 11 is 0. The second-order valence-electron chi connectivity index (χ2n) is 4.24. The first kappa shape index (κ1) is 11.7. The van der Waals surface area contributed by atoms with E-state index in [0.717, 1.165) is 18.2 Å². The largest absolute Gasteiger partial charge is 0.325 e. The van der Waals surface area contributed by atoms with E-state index in [0.29, 0.717) is 0 Å². The Labute approximate surface area is 103 Å². The average molecular weight is 229 g/mol. The molecule has 1 aromatic carbocycles. The minimum atomic E-state index is 0.924. The predicted molar refractivity (Wildman–Crippen MR) is 71.6 cm³/mol. The molecule has 0 unspecified atom stereocenters. The zero-order valence-electron chi connectivity index (χ0n) is 10.5. The fourth-order valence-electron chi connectivity index (χ4n) is 1.78. The van der Waals surface area contributed by atoms with E-state index in [1.807, 2.05) is 24.5 Å². The van der Waals surface area contributed by atoms with Crippen LogP contribution in [0.15, 0.2) is 36.7 Å². The summed E-state index contributed by atoms with van der Waals surface area (Å²) in [5, 5.41) is 3.38. The fourth-order valence-corrected chi connectivity index (χ4v) is 1.78. The Bertz CT molecular complexity index is 474. The van der Waals surface area contributed by atoms with E-state index < -0.39 is 0 Å². The van der Waals surface area contributed by atoms with Gasteiger partial charge in [-0.2, -0.15) is 0 Å². The molecule has 3 heteroatoms. The molecule has 0 bridgehead atoms. The van der Waals surface area contributed by atoms with E-state index in [1.54, 1.807) is 0 Å². The molecule has 0 fully saturated rings. The zero-order valence-corrected chi connectivity index (χ0v) is 10.5. The number of unbranched alkanes of at least 4 members (excludes halogenated alkanes) is 1. The van der Waals surface area contributed by atoms with Crippen LogP contribution in [0.25, 0.3) is 0 Å². The van der Waals surface area contributed by atoms with Crippen LogP contribution in [0, 0.1) is 6.92 Å². The molecule has 90 valence electrons. The monoisotopic (exact) mass is 229 g/mol. The minimum absolute atomic E-state index is 0.924. The molecular weight excluding hydrogens is 210 g/mol. The van der Waals surface area contributed by atoms with Crippen LogP contribution < -0.4 is 5.32 Å². The van der Waals surface area contributed by atoms with Gasteiger partial charge in [0.05, 0.1) is 0 Å². The van der Waals surface area contributed by atoms with Crippen molar-refractivity contribution in [2.45, 2.75) is 33.2 Å². The summed E-state index contributed by atoms with van der Waals surface area (Å²) in [5.74, 6) is 0.924. The van der Waals surface area contributed by atoms with Gasteiger partial charge >= 0.3 is 0 Å². The lowest BCUT2D eigenvalue weighted by Gasteiger charge is -2.11. The molecule has 0 spiro atoms. The first-order valence-corrected chi connectivity index (χ1v) is 6.15. The normalized spacial score (nSPS) is 10.5. The molecule has 1 heterocycles. The third-order valence-electron chi connectivity index (χ3n) is 2.86. The molecule has 17 heavy (non-hydrogen) atoms. The van der Waals surface area contributed by atoms with E-state index in [2.05, 4.69) is 40.8 Å². The number of para-hydroxylation sites is 1. The second kappa shape index (κ2) is 5.53. The third kappa shape index (κ3) is 2.87. The number of nitrogens with one attached hydrogen (secondary N) is 1. The topological polar surface area (TPSA) is 29.9 Å². The van der Waals surface area contributed by atoms with E-state index in [1.165, 1.54) is 18.4 Å². The maximum absolute atomic E-state index is 4.36. The van der Waals surface area contributed by atoms with E-state index in [-0.39, 0.29) is 0 Å². The molecule has 1 N–H and O–H groups in total. The molecule has 0 radical (unpaired) electrons. The van der Waals surface area contributed by atoms with Gasteiger partial charge in [-0.25, -0.2) is 4.98 Å². The number of nitrogens with zero attached hydrogens (tertiary/aromatic N) is 2. The summed E-state index contributed by atoms with van der Waals surface area (Å²) in [6.45, 7) is 5.32. The lowest BCUT2D eigenvalue weighted by atomic mass is 10.2. The lowest BCUT2D eigenvalue weighted by Crippen LogP contribution is -2.04. The molecule has 0 atom stereocenters. The first-order chi connectivity index (χ1) is 8.31. The quantitative estimate of drug-likeness (QED) is 0.846. The highest BCUT2D eigenvalue weighted by atomic mass is 15.2. The van der Waals surface area contributed by atoms with Crippen LogP contribution in [0.4, 0.5) is 11.6 Å². The first-order valence-electron chi connectivity index (χ1n) is 6.15. The van der Waals surface area contributed by atoms with Gasteiger partial charge in [-0.1, -0.05) is 31.5 Å². The Morgan fingerprint density at radius 1 is 1.29 bits per heavy atom. The van der Waals surface area contributed by atoms with Gasteiger partial charge in [-0.05, 0) is 25.0 Å². The number of imidazole rings is 1. The van der Waals surface area contributed by atoms with Crippen LogP contribution in [0.5, 0.6) is 0 Å². The number of anilines is 2. The minimum Gasteiger partial charge on any atom is -0.325 e. The average Bonchev–Trinajstić information content (AvgIpc) is 2.77. The van der Waals surface area contributed by atoms with Gasteiger partial charge in [0.15, 0.2) is 0 Å². The van der Waals surface area contributed by atoms with E-state index in [4.69, 9.17) is 0 Å². The molecular formula is C14H19N3. The number of benzene rings is 1. The highest BCUT2D eigenvalue weighted by Gasteiger charge is 2.03. The molecule has 1 aromatic heterocycles. The number of aromatic nitrogens is 2. The third-order valence-corrected chi connectivity index (χ3v) is 2.86. The van der Waals surface area contributed by atoms with Crippen LogP contribution in [-0.2, 0) is 6.54 Å². The molecule has 0 aliphatic carbocycles. The van der Waals surface area contributed by atoms with Crippen LogP contribution in [0.3, 0.4) is 0 Å². The van der Waals surface area contributed by atoms with Crippen LogP contribution in [0.1, 0.15) is 25.3 Å². The van der Waals surface area contributed by atoms with Crippen LogP contribution in [0.2, 0.25) is 0 Å². The van der Waals surface area contributed by atoms with Crippen molar-refractivity contribution in [2.24, 2.45) is 0 Å². The van der Waals surface area contributed by atoms with E-state index >= 15 is 0 Å². The van der Waals surface area contributed by atoms with Crippen molar-refractivity contribution in [1.29, 1.82) is 0 Å². The van der Waals surface area contributed by atoms with Crippen molar-refractivity contribution >= 4 is 11.6 Å². The Kier molecular flexibility index (Phi) is 3.81. The number of rotatable bonds is 5. The second-order valence-corrected chi connectivity index (χ2v) is 4.24. The van der Waals surface area contributed by atoms with Crippen LogP contribution >= 0.6 is 0 Å². The van der Waals surface area contributed by atoms with Gasteiger partial charge in [-0.3, -0.25) is 0 Å².